The highest BCUT2D eigenvalue weighted by Gasteiger charge is 2.17. The number of oxazole rings is 1. The van der Waals surface area contributed by atoms with Gasteiger partial charge in [-0.1, -0.05) is 35.9 Å². The minimum absolute atomic E-state index is 0.0834. The van der Waals surface area contributed by atoms with Gasteiger partial charge in [-0.05, 0) is 51.0 Å². The van der Waals surface area contributed by atoms with Gasteiger partial charge < -0.3 is 9.73 Å². The molecule has 28 heavy (non-hydrogen) atoms. The molecule has 146 valence electrons. The molecule has 3 rings (SSSR count). The molecule has 1 atom stereocenters. The van der Waals surface area contributed by atoms with E-state index < -0.39 is 10.8 Å². The van der Waals surface area contributed by atoms with Gasteiger partial charge in [0.1, 0.15) is 11.5 Å². The summed E-state index contributed by atoms with van der Waals surface area (Å²) in [5, 5.41) is 2.87. The number of carbonyl (C=O) groups is 1. The lowest BCUT2D eigenvalue weighted by Crippen LogP contribution is -2.21. The van der Waals surface area contributed by atoms with Crippen molar-refractivity contribution in [3.63, 3.8) is 0 Å². The van der Waals surface area contributed by atoms with Crippen molar-refractivity contribution in [1.29, 1.82) is 0 Å². The molecule has 2 aromatic carbocycles. The summed E-state index contributed by atoms with van der Waals surface area (Å²) >= 11 is 0. The summed E-state index contributed by atoms with van der Waals surface area (Å²) in [6.45, 7) is 7.69. The lowest BCUT2D eigenvalue weighted by molar-refractivity contribution is -0.113. The minimum Gasteiger partial charge on any atom is -0.441 e. The quantitative estimate of drug-likeness (QED) is 0.668. The van der Waals surface area contributed by atoms with Crippen molar-refractivity contribution >= 4 is 22.4 Å². The topological polar surface area (TPSA) is 72.2 Å². The smallest absolute Gasteiger partial charge is 0.237 e. The molecule has 1 aromatic heterocycles. The van der Waals surface area contributed by atoms with Crippen molar-refractivity contribution in [3.8, 4) is 11.5 Å². The maximum atomic E-state index is 12.5. The van der Waals surface area contributed by atoms with Gasteiger partial charge >= 0.3 is 0 Å². The Hall–Kier alpha value is -2.73. The SMILES string of the molecule is Cc1ccc(-c2nc(CS(=O)CC(=O)Nc3c(C)cccc3C)c(C)o2)cc1. The first-order valence-electron chi connectivity index (χ1n) is 9.08. The number of rotatable bonds is 6. The molecule has 1 amide bonds. The number of hydrogen-bond acceptors (Lipinski definition) is 4. The van der Waals surface area contributed by atoms with Crippen LogP contribution in [-0.4, -0.2) is 20.9 Å². The largest absolute Gasteiger partial charge is 0.441 e. The van der Waals surface area contributed by atoms with Crippen molar-refractivity contribution < 1.29 is 13.4 Å². The number of nitrogens with zero attached hydrogens (tertiary/aromatic N) is 1. The molecule has 1 N–H and O–H groups in total. The number of benzene rings is 2. The summed E-state index contributed by atoms with van der Waals surface area (Å²) < 4.78 is 18.2. The van der Waals surface area contributed by atoms with Gasteiger partial charge in [0.2, 0.25) is 11.8 Å². The molecule has 6 heteroatoms. The molecule has 0 radical (unpaired) electrons. The van der Waals surface area contributed by atoms with Crippen LogP contribution < -0.4 is 5.32 Å². The summed E-state index contributed by atoms with van der Waals surface area (Å²) in [6.07, 6.45) is 0. The Balaban J connectivity index is 1.65. The monoisotopic (exact) mass is 396 g/mol. The van der Waals surface area contributed by atoms with E-state index in [-0.39, 0.29) is 17.4 Å². The third-order valence-electron chi connectivity index (χ3n) is 4.53. The van der Waals surface area contributed by atoms with Gasteiger partial charge in [-0.15, -0.1) is 0 Å². The number of para-hydroxylation sites is 1. The summed E-state index contributed by atoms with van der Waals surface area (Å²) in [6, 6.07) is 13.7. The molecule has 0 saturated carbocycles. The molecule has 5 nitrogen and oxygen atoms in total. The number of aryl methyl sites for hydroxylation is 4. The standard InChI is InChI=1S/C22H24N2O3S/c1-14-8-10-18(11-9-14)22-23-19(17(4)27-22)12-28(26)13-20(25)24-21-15(2)6-5-7-16(21)3/h5-11H,12-13H2,1-4H3,(H,24,25). The second kappa shape index (κ2) is 8.52. The Labute approximate surface area is 167 Å². The molecule has 0 aliphatic rings. The summed E-state index contributed by atoms with van der Waals surface area (Å²) in [7, 11) is -1.38. The molecule has 0 aliphatic heterocycles. The van der Waals surface area contributed by atoms with Crippen molar-refractivity contribution in [2.24, 2.45) is 0 Å². The van der Waals surface area contributed by atoms with Crippen molar-refractivity contribution in [2.45, 2.75) is 33.4 Å². The van der Waals surface area contributed by atoms with Crippen LogP contribution in [0.15, 0.2) is 46.9 Å². The van der Waals surface area contributed by atoms with Crippen LogP contribution >= 0.6 is 0 Å². The summed E-state index contributed by atoms with van der Waals surface area (Å²) in [5.41, 5.74) is 5.39. The van der Waals surface area contributed by atoms with E-state index in [1.54, 1.807) is 6.92 Å². The highest BCUT2D eigenvalue weighted by Crippen LogP contribution is 2.23. The van der Waals surface area contributed by atoms with Crippen molar-refractivity contribution in [1.82, 2.24) is 4.98 Å². The van der Waals surface area contributed by atoms with Crippen LogP contribution in [0.3, 0.4) is 0 Å². The average Bonchev–Trinajstić information content (AvgIpc) is 2.99. The predicted molar refractivity (Wildman–Crippen MR) is 113 cm³/mol. The fourth-order valence-corrected chi connectivity index (χ4v) is 3.96. The van der Waals surface area contributed by atoms with Crippen molar-refractivity contribution in [3.05, 3.63) is 70.6 Å². The van der Waals surface area contributed by atoms with Crippen LogP contribution in [0.25, 0.3) is 11.5 Å². The average molecular weight is 397 g/mol. The molecule has 0 fully saturated rings. The van der Waals surface area contributed by atoms with Crippen LogP contribution in [-0.2, 0) is 21.3 Å². The molecular formula is C22H24N2O3S. The second-order valence-electron chi connectivity index (χ2n) is 6.93. The van der Waals surface area contributed by atoms with E-state index in [2.05, 4.69) is 10.3 Å². The summed E-state index contributed by atoms with van der Waals surface area (Å²) in [4.78, 5) is 16.8. The fourth-order valence-electron chi connectivity index (χ4n) is 2.92. The zero-order valence-corrected chi connectivity index (χ0v) is 17.4. The highest BCUT2D eigenvalue weighted by atomic mass is 32.2. The lowest BCUT2D eigenvalue weighted by Gasteiger charge is -2.11. The molecule has 1 heterocycles. The van der Waals surface area contributed by atoms with Crippen LogP contribution in [0.2, 0.25) is 0 Å². The minimum atomic E-state index is -1.38. The highest BCUT2D eigenvalue weighted by molar-refractivity contribution is 7.84. The Kier molecular flexibility index (Phi) is 6.09. The first-order valence-corrected chi connectivity index (χ1v) is 10.6. The summed E-state index contributed by atoms with van der Waals surface area (Å²) in [5.74, 6) is 0.959. The first-order chi connectivity index (χ1) is 13.3. The number of nitrogens with one attached hydrogen (secondary N) is 1. The van der Waals surface area contributed by atoms with Gasteiger partial charge in [0.05, 0.1) is 11.4 Å². The van der Waals surface area contributed by atoms with Crippen LogP contribution in [0, 0.1) is 27.7 Å². The number of amides is 1. The third kappa shape index (κ3) is 4.75. The van der Waals surface area contributed by atoms with E-state index in [0.29, 0.717) is 17.3 Å². The van der Waals surface area contributed by atoms with Crippen molar-refractivity contribution in [2.75, 3.05) is 11.1 Å². The number of anilines is 1. The fraction of sp³-hybridized carbons (Fsp3) is 0.273. The van der Waals surface area contributed by atoms with Crippen LogP contribution in [0.4, 0.5) is 5.69 Å². The van der Waals surface area contributed by atoms with E-state index in [9.17, 15) is 9.00 Å². The lowest BCUT2D eigenvalue weighted by atomic mass is 10.1. The third-order valence-corrected chi connectivity index (χ3v) is 5.71. The normalized spacial score (nSPS) is 12.0. The van der Waals surface area contributed by atoms with Crippen LogP contribution in [0.5, 0.6) is 0 Å². The zero-order valence-electron chi connectivity index (χ0n) is 16.5. The molecule has 0 bridgehead atoms. The van der Waals surface area contributed by atoms with Gasteiger partial charge in [0.15, 0.2) is 0 Å². The zero-order chi connectivity index (χ0) is 20.3. The predicted octanol–water partition coefficient (Wildman–Crippen LogP) is 4.46. The van der Waals surface area contributed by atoms with E-state index in [4.69, 9.17) is 4.42 Å². The van der Waals surface area contributed by atoms with E-state index in [0.717, 1.165) is 27.9 Å². The van der Waals surface area contributed by atoms with E-state index >= 15 is 0 Å². The molecular weight excluding hydrogens is 372 g/mol. The van der Waals surface area contributed by atoms with E-state index in [1.165, 1.54) is 0 Å². The molecule has 0 saturated heterocycles. The van der Waals surface area contributed by atoms with Gasteiger partial charge in [0.25, 0.3) is 0 Å². The maximum Gasteiger partial charge on any atom is 0.237 e. The first kappa shape index (κ1) is 20.0. The van der Waals surface area contributed by atoms with Crippen LogP contribution in [0.1, 0.15) is 28.1 Å². The number of aromatic nitrogens is 1. The Bertz CT molecular complexity index is 1000. The van der Waals surface area contributed by atoms with E-state index in [1.807, 2.05) is 63.2 Å². The Morgan fingerprint density at radius 3 is 2.32 bits per heavy atom. The Morgan fingerprint density at radius 1 is 1.04 bits per heavy atom. The van der Waals surface area contributed by atoms with Gasteiger partial charge in [-0.25, -0.2) is 4.98 Å². The second-order valence-corrected chi connectivity index (χ2v) is 8.39. The molecule has 0 spiro atoms. The molecule has 1 unspecified atom stereocenters. The van der Waals surface area contributed by atoms with Gasteiger partial charge in [0, 0.05) is 22.1 Å². The van der Waals surface area contributed by atoms with Gasteiger partial charge in [-0.3, -0.25) is 9.00 Å². The molecule has 3 aromatic rings. The number of hydrogen-bond donors (Lipinski definition) is 1. The maximum absolute atomic E-state index is 12.5. The molecule has 0 aliphatic carbocycles. The number of carbonyl (C=O) groups excluding carboxylic acids is 1. The Morgan fingerprint density at radius 2 is 1.68 bits per heavy atom. The van der Waals surface area contributed by atoms with Gasteiger partial charge in [-0.2, -0.15) is 0 Å².